The van der Waals surface area contributed by atoms with Gasteiger partial charge in [-0.15, -0.1) is 0 Å². The number of amides is 1. The van der Waals surface area contributed by atoms with Crippen LogP contribution in [0.2, 0.25) is 0 Å². The maximum Gasteiger partial charge on any atom is 0.414 e. The van der Waals surface area contributed by atoms with E-state index in [2.05, 4.69) is 12.2 Å². The minimum absolute atomic E-state index is 0.161. The predicted octanol–water partition coefficient (Wildman–Crippen LogP) is 1.47. The summed E-state index contributed by atoms with van der Waals surface area (Å²) in [6.07, 6.45) is 3.42. The summed E-state index contributed by atoms with van der Waals surface area (Å²) in [7, 11) is 0. The quantitative estimate of drug-likeness (QED) is 0.707. The number of carboxylic acid groups (broad SMARTS) is 2. The molecule has 1 atom stereocenters. The zero-order valence-corrected chi connectivity index (χ0v) is 14.1. The fraction of sp³-hybridized carbons (Fsp3) is 0.471. The van der Waals surface area contributed by atoms with Crippen molar-refractivity contribution in [2.24, 2.45) is 0 Å². The lowest BCUT2D eigenvalue weighted by atomic mass is 10.0. The predicted molar refractivity (Wildman–Crippen MR) is 88.4 cm³/mol. The standard InChI is InChI=1S/C15H21FN2O.C2H2O4/c1-12-4-2-3-9-18(12)15(19)11-17-10-13-5-7-14(16)8-6-13;3-1(4)2(5)6/h5-8,12,17H,2-4,9-11H2,1H3;(H,3,4)(H,5,6). The maximum absolute atomic E-state index is 12.7. The first-order valence-corrected chi connectivity index (χ1v) is 8.02. The topological polar surface area (TPSA) is 107 Å². The number of carbonyl (C=O) groups is 3. The maximum atomic E-state index is 12.7. The zero-order chi connectivity index (χ0) is 18.8. The number of hydrogen-bond donors (Lipinski definition) is 3. The van der Waals surface area contributed by atoms with E-state index < -0.39 is 11.9 Å². The molecule has 8 heteroatoms. The number of piperidine rings is 1. The number of rotatable bonds is 4. The van der Waals surface area contributed by atoms with Gasteiger partial charge in [0, 0.05) is 19.1 Å². The van der Waals surface area contributed by atoms with Crippen molar-refractivity contribution in [2.75, 3.05) is 13.1 Å². The summed E-state index contributed by atoms with van der Waals surface area (Å²) in [6, 6.07) is 6.69. The van der Waals surface area contributed by atoms with Crippen molar-refractivity contribution >= 4 is 17.8 Å². The van der Waals surface area contributed by atoms with Crippen LogP contribution in [-0.2, 0) is 20.9 Å². The number of likely N-dealkylation sites (tertiary alicyclic amines) is 1. The minimum Gasteiger partial charge on any atom is -0.473 e. The summed E-state index contributed by atoms with van der Waals surface area (Å²) in [4.78, 5) is 32.2. The molecule has 0 saturated carbocycles. The lowest BCUT2D eigenvalue weighted by Gasteiger charge is -2.33. The summed E-state index contributed by atoms with van der Waals surface area (Å²) >= 11 is 0. The molecule has 3 N–H and O–H groups in total. The molecule has 25 heavy (non-hydrogen) atoms. The molecule has 1 aliphatic heterocycles. The summed E-state index contributed by atoms with van der Waals surface area (Å²) in [5.74, 6) is -3.72. The fourth-order valence-corrected chi connectivity index (χ4v) is 2.49. The number of carbonyl (C=O) groups excluding carboxylic acids is 1. The van der Waals surface area contributed by atoms with Crippen molar-refractivity contribution in [1.82, 2.24) is 10.2 Å². The van der Waals surface area contributed by atoms with E-state index in [1.807, 2.05) is 4.90 Å². The van der Waals surface area contributed by atoms with Crippen LogP contribution >= 0.6 is 0 Å². The molecule has 1 aromatic rings. The molecule has 1 amide bonds. The smallest absolute Gasteiger partial charge is 0.414 e. The number of halogens is 1. The molecule has 0 aliphatic carbocycles. The lowest BCUT2D eigenvalue weighted by Crippen LogP contribution is -2.45. The highest BCUT2D eigenvalue weighted by Crippen LogP contribution is 2.16. The highest BCUT2D eigenvalue weighted by molar-refractivity contribution is 6.27. The van der Waals surface area contributed by atoms with Crippen molar-refractivity contribution in [2.45, 2.75) is 38.8 Å². The van der Waals surface area contributed by atoms with Gasteiger partial charge in [0.1, 0.15) is 5.82 Å². The van der Waals surface area contributed by atoms with Crippen molar-refractivity contribution in [1.29, 1.82) is 0 Å². The van der Waals surface area contributed by atoms with Crippen molar-refractivity contribution in [3.8, 4) is 0 Å². The second kappa shape index (κ2) is 10.4. The third-order valence-corrected chi connectivity index (χ3v) is 3.82. The first kappa shape index (κ1) is 20.6. The van der Waals surface area contributed by atoms with E-state index in [-0.39, 0.29) is 11.7 Å². The SMILES string of the molecule is CC1CCCCN1C(=O)CNCc1ccc(F)cc1.O=C(O)C(=O)O. The molecule has 7 nitrogen and oxygen atoms in total. The highest BCUT2D eigenvalue weighted by atomic mass is 19.1. The Hall–Kier alpha value is -2.48. The number of carboxylic acids is 2. The summed E-state index contributed by atoms with van der Waals surface area (Å²) in [5.41, 5.74) is 0.987. The van der Waals surface area contributed by atoms with Gasteiger partial charge in [-0.1, -0.05) is 12.1 Å². The van der Waals surface area contributed by atoms with E-state index in [1.165, 1.54) is 18.6 Å². The van der Waals surface area contributed by atoms with Gasteiger partial charge in [-0.25, -0.2) is 14.0 Å². The Morgan fingerprint density at radius 3 is 2.28 bits per heavy atom. The third kappa shape index (κ3) is 7.75. The molecule has 0 aromatic heterocycles. The third-order valence-electron chi connectivity index (χ3n) is 3.82. The average molecular weight is 354 g/mol. The van der Waals surface area contributed by atoms with Crippen molar-refractivity contribution < 1.29 is 29.0 Å². The van der Waals surface area contributed by atoms with Gasteiger partial charge in [-0.2, -0.15) is 0 Å². The van der Waals surface area contributed by atoms with Crippen molar-refractivity contribution in [3.63, 3.8) is 0 Å². The van der Waals surface area contributed by atoms with Crippen LogP contribution in [0.1, 0.15) is 31.7 Å². The molecule has 1 heterocycles. The van der Waals surface area contributed by atoms with Gasteiger partial charge < -0.3 is 20.4 Å². The Morgan fingerprint density at radius 2 is 1.76 bits per heavy atom. The molecule has 0 radical (unpaired) electrons. The fourth-order valence-electron chi connectivity index (χ4n) is 2.49. The van der Waals surface area contributed by atoms with Gasteiger partial charge in [0.2, 0.25) is 5.91 Å². The molecule has 0 bridgehead atoms. The Bertz CT molecular complexity index is 579. The lowest BCUT2D eigenvalue weighted by molar-refractivity contribution is -0.159. The molecule has 2 rings (SSSR count). The Balaban J connectivity index is 0.000000450. The van der Waals surface area contributed by atoms with Crippen LogP contribution in [0.4, 0.5) is 4.39 Å². The molecule has 1 aliphatic rings. The van der Waals surface area contributed by atoms with E-state index in [9.17, 15) is 9.18 Å². The van der Waals surface area contributed by atoms with E-state index >= 15 is 0 Å². The summed E-state index contributed by atoms with van der Waals surface area (Å²) in [6.45, 7) is 3.92. The van der Waals surface area contributed by atoms with Crippen LogP contribution in [0.5, 0.6) is 0 Å². The molecule has 1 aromatic carbocycles. The largest absolute Gasteiger partial charge is 0.473 e. The molecular weight excluding hydrogens is 331 g/mol. The molecular formula is C17H23FN2O5. The molecule has 138 valence electrons. The summed E-state index contributed by atoms with van der Waals surface area (Å²) < 4.78 is 12.7. The van der Waals surface area contributed by atoms with E-state index in [4.69, 9.17) is 19.8 Å². The molecule has 1 fully saturated rings. The Labute approximate surface area is 145 Å². The average Bonchev–Trinajstić information content (AvgIpc) is 2.57. The van der Waals surface area contributed by atoms with Gasteiger partial charge in [-0.3, -0.25) is 4.79 Å². The highest BCUT2D eigenvalue weighted by Gasteiger charge is 2.22. The van der Waals surface area contributed by atoms with Gasteiger partial charge in [0.15, 0.2) is 0 Å². The molecule has 0 spiro atoms. The monoisotopic (exact) mass is 354 g/mol. The van der Waals surface area contributed by atoms with Gasteiger partial charge in [-0.05, 0) is 43.9 Å². The van der Waals surface area contributed by atoms with E-state index in [0.29, 0.717) is 19.1 Å². The Morgan fingerprint density at radius 1 is 1.16 bits per heavy atom. The molecule has 1 saturated heterocycles. The van der Waals surface area contributed by atoms with Crippen LogP contribution in [0.25, 0.3) is 0 Å². The van der Waals surface area contributed by atoms with E-state index in [0.717, 1.165) is 24.9 Å². The number of benzene rings is 1. The van der Waals surface area contributed by atoms with Crippen LogP contribution in [0, 0.1) is 5.82 Å². The second-order valence-corrected chi connectivity index (χ2v) is 5.77. The van der Waals surface area contributed by atoms with Crippen LogP contribution < -0.4 is 5.32 Å². The number of nitrogens with one attached hydrogen (secondary N) is 1. The first-order valence-electron chi connectivity index (χ1n) is 8.02. The number of hydrogen-bond acceptors (Lipinski definition) is 4. The van der Waals surface area contributed by atoms with Gasteiger partial charge in [0.05, 0.1) is 6.54 Å². The minimum atomic E-state index is -1.82. The van der Waals surface area contributed by atoms with Crippen LogP contribution in [-0.4, -0.2) is 52.1 Å². The molecule has 1 unspecified atom stereocenters. The number of aliphatic carboxylic acids is 2. The Kier molecular flexibility index (Phi) is 8.55. The van der Waals surface area contributed by atoms with Gasteiger partial charge >= 0.3 is 11.9 Å². The van der Waals surface area contributed by atoms with Gasteiger partial charge in [0.25, 0.3) is 0 Å². The van der Waals surface area contributed by atoms with E-state index in [1.54, 1.807) is 12.1 Å². The summed E-state index contributed by atoms with van der Waals surface area (Å²) in [5, 5.41) is 17.9. The second-order valence-electron chi connectivity index (χ2n) is 5.77. The first-order chi connectivity index (χ1) is 11.8. The normalized spacial score (nSPS) is 16.6. The van der Waals surface area contributed by atoms with Crippen LogP contribution in [0.3, 0.4) is 0 Å². The zero-order valence-electron chi connectivity index (χ0n) is 14.1. The van der Waals surface area contributed by atoms with Crippen molar-refractivity contribution in [3.05, 3.63) is 35.6 Å². The van der Waals surface area contributed by atoms with Crippen LogP contribution in [0.15, 0.2) is 24.3 Å². The number of nitrogens with zero attached hydrogens (tertiary/aromatic N) is 1.